The van der Waals surface area contributed by atoms with Gasteiger partial charge in [0.1, 0.15) is 12.0 Å². The van der Waals surface area contributed by atoms with Crippen molar-refractivity contribution in [2.75, 3.05) is 0 Å². The Morgan fingerprint density at radius 2 is 1.86 bits per heavy atom. The predicted octanol–water partition coefficient (Wildman–Crippen LogP) is 2.26. The Labute approximate surface area is 122 Å². The molecule has 0 aliphatic carbocycles. The number of hydrogen-bond donors (Lipinski definition) is 0. The first-order chi connectivity index (χ1) is 10.2. The van der Waals surface area contributed by atoms with Crippen LogP contribution in [-0.4, -0.2) is 25.5 Å². The van der Waals surface area contributed by atoms with Gasteiger partial charge in [-0.3, -0.25) is 9.48 Å². The van der Waals surface area contributed by atoms with Crippen LogP contribution in [0, 0.1) is 6.92 Å². The maximum Gasteiger partial charge on any atom is 0.216 e. The minimum Gasteiger partial charge on any atom is -0.287 e. The molecular weight excluding hydrogens is 264 g/mol. The zero-order chi connectivity index (χ0) is 14.7. The standard InChI is InChI=1S/C16H14N4O/c1-12-7-15(16(21)14-8-17-11-18-9-14)19-20(12)10-13-5-3-2-4-6-13/h2-9,11H,10H2,1H3. The minimum absolute atomic E-state index is 0.162. The zero-order valence-electron chi connectivity index (χ0n) is 11.6. The molecular formula is C16H14N4O. The van der Waals surface area contributed by atoms with Gasteiger partial charge in [-0.05, 0) is 18.6 Å². The number of ketones is 1. The quantitative estimate of drug-likeness (QED) is 0.687. The number of hydrogen-bond acceptors (Lipinski definition) is 4. The highest BCUT2D eigenvalue weighted by Crippen LogP contribution is 2.11. The maximum atomic E-state index is 12.3. The Hall–Kier alpha value is -2.82. The molecule has 0 aliphatic rings. The predicted molar refractivity (Wildman–Crippen MR) is 78.0 cm³/mol. The fourth-order valence-corrected chi connectivity index (χ4v) is 2.10. The molecule has 0 spiro atoms. The number of nitrogens with zero attached hydrogens (tertiary/aromatic N) is 4. The second kappa shape index (κ2) is 5.66. The first-order valence-corrected chi connectivity index (χ1v) is 6.62. The van der Waals surface area contributed by atoms with Crippen LogP contribution in [0.15, 0.2) is 55.1 Å². The highest BCUT2D eigenvalue weighted by Gasteiger charge is 2.15. The normalized spacial score (nSPS) is 10.5. The van der Waals surface area contributed by atoms with Crippen LogP contribution in [0.3, 0.4) is 0 Å². The Morgan fingerprint density at radius 1 is 1.14 bits per heavy atom. The summed E-state index contributed by atoms with van der Waals surface area (Å²) in [6.07, 6.45) is 4.40. The van der Waals surface area contributed by atoms with Gasteiger partial charge in [0.15, 0.2) is 0 Å². The number of rotatable bonds is 4. The molecule has 5 nitrogen and oxygen atoms in total. The number of aryl methyl sites for hydroxylation is 1. The van der Waals surface area contributed by atoms with E-state index in [4.69, 9.17) is 0 Å². The molecule has 0 saturated heterocycles. The van der Waals surface area contributed by atoms with Gasteiger partial charge in [-0.25, -0.2) is 9.97 Å². The van der Waals surface area contributed by atoms with Crippen LogP contribution in [0.5, 0.6) is 0 Å². The number of aromatic nitrogens is 4. The van der Waals surface area contributed by atoms with E-state index in [9.17, 15) is 4.79 Å². The Bertz CT molecular complexity index is 750. The van der Waals surface area contributed by atoms with Crippen LogP contribution < -0.4 is 0 Å². The molecule has 3 rings (SSSR count). The molecule has 1 aromatic carbocycles. The van der Waals surface area contributed by atoms with E-state index in [0.717, 1.165) is 11.3 Å². The van der Waals surface area contributed by atoms with E-state index in [-0.39, 0.29) is 5.78 Å². The molecule has 2 heterocycles. The number of carbonyl (C=O) groups excluding carboxylic acids is 1. The van der Waals surface area contributed by atoms with Gasteiger partial charge in [0, 0.05) is 18.1 Å². The molecule has 0 amide bonds. The van der Waals surface area contributed by atoms with Gasteiger partial charge >= 0.3 is 0 Å². The number of carbonyl (C=O) groups is 1. The SMILES string of the molecule is Cc1cc(C(=O)c2cncnc2)nn1Cc1ccccc1. The molecule has 0 aliphatic heterocycles. The lowest BCUT2D eigenvalue weighted by Gasteiger charge is -2.03. The molecule has 0 saturated carbocycles. The summed E-state index contributed by atoms with van der Waals surface area (Å²) in [6.45, 7) is 2.58. The smallest absolute Gasteiger partial charge is 0.216 e. The van der Waals surface area contributed by atoms with E-state index in [1.165, 1.54) is 18.7 Å². The average Bonchev–Trinajstić information content (AvgIpc) is 2.89. The Morgan fingerprint density at radius 3 is 2.57 bits per heavy atom. The largest absolute Gasteiger partial charge is 0.287 e. The van der Waals surface area contributed by atoms with E-state index >= 15 is 0 Å². The average molecular weight is 278 g/mol. The van der Waals surface area contributed by atoms with Gasteiger partial charge in [0.25, 0.3) is 0 Å². The van der Waals surface area contributed by atoms with Gasteiger partial charge in [0.05, 0.1) is 12.1 Å². The molecule has 5 heteroatoms. The van der Waals surface area contributed by atoms with E-state index in [0.29, 0.717) is 17.8 Å². The van der Waals surface area contributed by atoms with Crippen molar-refractivity contribution in [1.82, 2.24) is 19.7 Å². The summed E-state index contributed by atoms with van der Waals surface area (Å²) >= 11 is 0. The first-order valence-electron chi connectivity index (χ1n) is 6.62. The first kappa shape index (κ1) is 13.2. The van der Waals surface area contributed by atoms with Crippen LogP contribution >= 0.6 is 0 Å². The van der Waals surface area contributed by atoms with E-state index in [1.807, 2.05) is 41.9 Å². The van der Waals surface area contributed by atoms with Crippen molar-refractivity contribution < 1.29 is 4.79 Å². The molecule has 3 aromatic rings. The van der Waals surface area contributed by atoms with Gasteiger partial charge in [0.2, 0.25) is 5.78 Å². The second-order valence-electron chi connectivity index (χ2n) is 4.77. The Kier molecular flexibility index (Phi) is 3.55. The third-order valence-electron chi connectivity index (χ3n) is 3.21. The molecule has 0 bridgehead atoms. The zero-order valence-corrected chi connectivity index (χ0v) is 11.6. The lowest BCUT2D eigenvalue weighted by atomic mass is 10.1. The van der Waals surface area contributed by atoms with Gasteiger partial charge < -0.3 is 0 Å². The summed E-state index contributed by atoms with van der Waals surface area (Å²) in [5.74, 6) is -0.162. The van der Waals surface area contributed by atoms with Crippen molar-refractivity contribution >= 4 is 5.78 Å². The summed E-state index contributed by atoms with van der Waals surface area (Å²) in [6, 6.07) is 11.8. The Balaban J connectivity index is 1.86. The van der Waals surface area contributed by atoms with Crippen molar-refractivity contribution in [3.05, 3.63) is 77.6 Å². The lowest BCUT2D eigenvalue weighted by Crippen LogP contribution is -2.07. The van der Waals surface area contributed by atoms with Crippen LogP contribution in [0.2, 0.25) is 0 Å². The van der Waals surface area contributed by atoms with Crippen molar-refractivity contribution in [1.29, 1.82) is 0 Å². The second-order valence-corrected chi connectivity index (χ2v) is 4.77. The summed E-state index contributed by atoms with van der Waals surface area (Å²) in [7, 11) is 0. The minimum atomic E-state index is -0.162. The van der Waals surface area contributed by atoms with E-state index < -0.39 is 0 Å². The van der Waals surface area contributed by atoms with Crippen molar-refractivity contribution in [2.45, 2.75) is 13.5 Å². The maximum absolute atomic E-state index is 12.3. The third-order valence-corrected chi connectivity index (χ3v) is 3.21. The van der Waals surface area contributed by atoms with Crippen LogP contribution in [0.4, 0.5) is 0 Å². The molecule has 0 unspecified atom stereocenters. The summed E-state index contributed by atoms with van der Waals surface area (Å²) in [5.41, 5.74) is 2.95. The van der Waals surface area contributed by atoms with Crippen LogP contribution in [0.25, 0.3) is 0 Å². The van der Waals surface area contributed by atoms with Crippen LogP contribution in [0.1, 0.15) is 27.3 Å². The molecule has 0 N–H and O–H groups in total. The monoisotopic (exact) mass is 278 g/mol. The molecule has 2 aromatic heterocycles. The highest BCUT2D eigenvalue weighted by molar-refractivity contribution is 6.07. The molecule has 104 valence electrons. The number of benzene rings is 1. The van der Waals surface area contributed by atoms with Gasteiger partial charge in [-0.15, -0.1) is 0 Å². The summed E-state index contributed by atoms with van der Waals surface area (Å²) in [4.78, 5) is 20.0. The molecule has 21 heavy (non-hydrogen) atoms. The molecule has 0 radical (unpaired) electrons. The third kappa shape index (κ3) is 2.86. The molecule has 0 atom stereocenters. The van der Waals surface area contributed by atoms with E-state index in [1.54, 1.807) is 6.07 Å². The summed E-state index contributed by atoms with van der Waals surface area (Å²) < 4.78 is 1.83. The van der Waals surface area contributed by atoms with Gasteiger partial charge in [-0.2, -0.15) is 5.10 Å². The molecule has 0 fully saturated rings. The van der Waals surface area contributed by atoms with Crippen molar-refractivity contribution in [3.63, 3.8) is 0 Å². The van der Waals surface area contributed by atoms with Gasteiger partial charge in [-0.1, -0.05) is 30.3 Å². The topological polar surface area (TPSA) is 60.7 Å². The van der Waals surface area contributed by atoms with Crippen molar-refractivity contribution in [3.8, 4) is 0 Å². The highest BCUT2D eigenvalue weighted by atomic mass is 16.1. The van der Waals surface area contributed by atoms with E-state index in [2.05, 4.69) is 15.1 Å². The lowest BCUT2D eigenvalue weighted by molar-refractivity contribution is 0.103. The van der Waals surface area contributed by atoms with Crippen molar-refractivity contribution in [2.24, 2.45) is 0 Å². The van der Waals surface area contributed by atoms with Crippen LogP contribution in [-0.2, 0) is 6.54 Å². The fourth-order valence-electron chi connectivity index (χ4n) is 2.10. The summed E-state index contributed by atoms with van der Waals surface area (Å²) in [5, 5.41) is 4.39. The fraction of sp³-hybridized carbons (Fsp3) is 0.125.